The fourth-order valence-corrected chi connectivity index (χ4v) is 4.37. The molecule has 1 saturated heterocycles. The topological polar surface area (TPSA) is 94.2 Å². The van der Waals surface area contributed by atoms with Gasteiger partial charge in [0.15, 0.2) is 6.61 Å². The Hall–Kier alpha value is -4.85. The molecule has 8 heteroatoms. The van der Waals surface area contributed by atoms with E-state index in [0.29, 0.717) is 22.9 Å². The van der Waals surface area contributed by atoms with E-state index in [9.17, 15) is 14.4 Å². The molecule has 1 heterocycles. The van der Waals surface area contributed by atoms with Crippen molar-refractivity contribution in [3.63, 3.8) is 0 Å². The number of methoxy groups -OCH3 is 1. The SMILES string of the molecule is COc1cccc(NC(=O)COC(=O)[C@H]2CC(=O)N(c3ccc(Oc4cccc5ccccc45)cc3)C2)c1. The average Bonchev–Trinajstić information content (AvgIpc) is 3.34. The van der Waals surface area contributed by atoms with Crippen molar-refractivity contribution in [1.29, 1.82) is 0 Å². The van der Waals surface area contributed by atoms with E-state index in [-0.39, 0.29) is 18.9 Å². The first kappa shape index (κ1) is 24.8. The number of esters is 1. The van der Waals surface area contributed by atoms with Gasteiger partial charge in [0.1, 0.15) is 17.2 Å². The van der Waals surface area contributed by atoms with Gasteiger partial charge in [-0.05, 0) is 47.9 Å². The zero-order valence-electron chi connectivity index (χ0n) is 20.8. The minimum absolute atomic E-state index is 0.0184. The number of ether oxygens (including phenoxy) is 3. The van der Waals surface area contributed by atoms with Gasteiger partial charge in [-0.25, -0.2) is 0 Å². The predicted molar refractivity (Wildman–Crippen MR) is 144 cm³/mol. The van der Waals surface area contributed by atoms with Gasteiger partial charge in [0, 0.05) is 35.8 Å². The van der Waals surface area contributed by atoms with Gasteiger partial charge in [0.2, 0.25) is 5.91 Å². The highest BCUT2D eigenvalue weighted by Gasteiger charge is 2.36. The second-order valence-corrected chi connectivity index (χ2v) is 8.87. The maximum atomic E-state index is 12.6. The largest absolute Gasteiger partial charge is 0.497 e. The van der Waals surface area contributed by atoms with Crippen molar-refractivity contribution in [3.05, 3.63) is 91.0 Å². The number of carbonyl (C=O) groups is 3. The summed E-state index contributed by atoms with van der Waals surface area (Å²) in [5, 5.41) is 4.74. The van der Waals surface area contributed by atoms with E-state index >= 15 is 0 Å². The number of amides is 2. The Bertz CT molecular complexity index is 1480. The Kier molecular flexibility index (Phi) is 7.21. The second-order valence-electron chi connectivity index (χ2n) is 8.87. The summed E-state index contributed by atoms with van der Waals surface area (Å²) in [4.78, 5) is 39.0. The highest BCUT2D eigenvalue weighted by molar-refractivity contribution is 6.00. The molecule has 0 aromatic heterocycles. The Morgan fingerprint density at radius 2 is 1.68 bits per heavy atom. The molecular formula is C30H26N2O6. The molecule has 1 fully saturated rings. The van der Waals surface area contributed by atoms with E-state index in [1.54, 1.807) is 53.4 Å². The van der Waals surface area contributed by atoms with Gasteiger partial charge in [-0.15, -0.1) is 0 Å². The third-order valence-electron chi connectivity index (χ3n) is 6.28. The number of hydrogen-bond donors (Lipinski definition) is 1. The van der Waals surface area contributed by atoms with Gasteiger partial charge < -0.3 is 24.4 Å². The third kappa shape index (κ3) is 5.59. The van der Waals surface area contributed by atoms with Crippen LogP contribution < -0.4 is 19.7 Å². The summed E-state index contributed by atoms with van der Waals surface area (Å²) in [6.07, 6.45) is 0.0184. The van der Waals surface area contributed by atoms with Gasteiger partial charge in [-0.1, -0.05) is 42.5 Å². The zero-order chi connectivity index (χ0) is 26.5. The van der Waals surface area contributed by atoms with Crippen LogP contribution >= 0.6 is 0 Å². The van der Waals surface area contributed by atoms with E-state index in [0.717, 1.165) is 16.5 Å². The number of rotatable bonds is 8. The fraction of sp³-hybridized carbons (Fsp3) is 0.167. The molecule has 1 atom stereocenters. The number of fused-ring (bicyclic) bond motifs is 1. The lowest BCUT2D eigenvalue weighted by atomic mass is 10.1. The summed E-state index contributed by atoms with van der Waals surface area (Å²) >= 11 is 0. The first-order chi connectivity index (χ1) is 18.5. The lowest BCUT2D eigenvalue weighted by Gasteiger charge is -2.17. The van der Waals surface area contributed by atoms with Crippen molar-refractivity contribution >= 4 is 39.9 Å². The Labute approximate surface area is 219 Å². The zero-order valence-corrected chi connectivity index (χ0v) is 20.8. The normalized spacial score (nSPS) is 14.8. The molecule has 1 aliphatic rings. The van der Waals surface area contributed by atoms with Crippen LogP contribution in [-0.2, 0) is 19.1 Å². The van der Waals surface area contributed by atoms with Gasteiger partial charge in [0.25, 0.3) is 5.91 Å². The summed E-state index contributed by atoms with van der Waals surface area (Å²) in [6, 6.07) is 27.9. The van der Waals surface area contributed by atoms with E-state index in [4.69, 9.17) is 14.2 Å². The molecule has 0 radical (unpaired) electrons. The standard InChI is InChI=1S/C30H26N2O6/c1-36-25-9-5-8-22(17-25)31-28(33)19-37-30(35)21-16-29(34)32(18-21)23-12-14-24(15-13-23)38-27-11-4-7-20-6-2-3-10-26(20)27/h2-15,17,21H,16,18-19H2,1H3,(H,31,33)/t21-/m0/s1. The van der Waals surface area contributed by atoms with E-state index in [2.05, 4.69) is 5.32 Å². The second kappa shape index (κ2) is 11.0. The van der Waals surface area contributed by atoms with Crippen LogP contribution in [0.15, 0.2) is 91.0 Å². The minimum Gasteiger partial charge on any atom is -0.497 e. The van der Waals surface area contributed by atoms with Crippen molar-refractivity contribution < 1.29 is 28.6 Å². The fourth-order valence-electron chi connectivity index (χ4n) is 4.37. The number of carbonyl (C=O) groups excluding carboxylic acids is 3. The Balaban J connectivity index is 1.16. The van der Waals surface area contributed by atoms with Crippen LogP contribution in [0.25, 0.3) is 10.8 Å². The van der Waals surface area contributed by atoms with E-state index in [1.807, 2.05) is 42.5 Å². The monoisotopic (exact) mass is 510 g/mol. The maximum absolute atomic E-state index is 12.6. The molecule has 192 valence electrons. The molecular weight excluding hydrogens is 484 g/mol. The lowest BCUT2D eigenvalue weighted by molar-refractivity contribution is -0.151. The van der Waals surface area contributed by atoms with Crippen molar-refractivity contribution in [2.75, 3.05) is 30.5 Å². The minimum atomic E-state index is -0.654. The van der Waals surface area contributed by atoms with Crippen LogP contribution in [0.3, 0.4) is 0 Å². The highest BCUT2D eigenvalue weighted by Crippen LogP contribution is 2.32. The van der Waals surface area contributed by atoms with Crippen molar-refractivity contribution in [2.45, 2.75) is 6.42 Å². The van der Waals surface area contributed by atoms with Gasteiger partial charge in [-0.3, -0.25) is 14.4 Å². The molecule has 8 nitrogen and oxygen atoms in total. The molecule has 0 aliphatic carbocycles. The third-order valence-corrected chi connectivity index (χ3v) is 6.28. The van der Waals surface area contributed by atoms with Crippen LogP contribution in [0.4, 0.5) is 11.4 Å². The number of nitrogens with zero attached hydrogens (tertiary/aromatic N) is 1. The molecule has 1 N–H and O–H groups in total. The number of anilines is 2. The van der Waals surface area contributed by atoms with Crippen molar-refractivity contribution in [2.24, 2.45) is 5.92 Å². The summed E-state index contributed by atoms with van der Waals surface area (Å²) in [5.41, 5.74) is 1.19. The van der Waals surface area contributed by atoms with Crippen LogP contribution in [0.5, 0.6) is 17.2 Å². The first-order valence-corrected chi connectivity index (χ1v) is 12.2. The van der Waals surface area contributed by atoms with Crippen LogP contribution in [0.2, 0.25) is 0 Å². The smallest absolute Gasteiger partial charge is 0.311 e. The van der Waals surface area contributed by atoms with Gasteiger partial charge >= 0.3 is 5.97 Å². The molecule has 4 aromatic rings. The van der Waals surface area contributed by atoms with Crippen molar-refractivity contribution in [1.82, 2.24) is 0 Å². The number of nitrogens with one attached hydrogen (secondary N) is 1. The highest BCUT2D eigenvalue weighted by atomic mass is 16.5. The lowest BCUT2D eigenvalue weighted by Crippen LogP contribution is -2.28. The summed E-state index contributed by atoms with van der Waals surface area (Å²) in [5.74, 6) is 0.0694. The summed E-state index contributed by atoms with van der Waals surface area (Å²) in [7, 11) is 1.53. The van der Waals surface area contributed by atoms with Gasteiger partial charge in [0.05, 0.1) is 13.0 Å². The molecule has 4 aromatic carbocycles. The average molecular weight is 511 g/mol. The molecule has 0 saturated carbocycles. The summed E-state index contributed by atoms with van der Waals surface area (Å²) < 4.78 is 16.4. The van der Waals surface area contributed by atoms with E-state index < -0.39 is 24.4 Å². The number of benzene rings is 4. The van der Waals surface area contributed by atoms with Crippen LogP contribution in [-0.4, -0.2) is 38.0 Å². The molecule has 0 spiro atoms. The van der Waals surface area contributed by atoms with Crippen LogP contribution in [0.1, 0.15) is 6.42 Å². The number of hydrogen-bond acceptors (Lipinski definition) is 6. The first-order valence-electron chi connectivity index (χ1n) is 12.2. The summed E-state index contributed by atoms with van der Waals surface area (Å²) in [6.45, 7) is -0.264. The maximum Gasteiger partial charge on any atom is 0.311 e. The quantitative estimate of drug-likeness (QED) is 0.329. The molecule has 0 bridgehead atoms. The Morgan fingerprint density at radius 3 is 2.50 bits per heavy atom. The molecule has 2 amide bonds. The molecule has 5 rings (SSSR count). The van der Waals surface area contributed by atoms with Gasteiger partial charge in [-0.2, -0.15) is 0 Å². The predicted octanol–water partition coefficient (Wildman–Crippen LogP) is 5.18. The molecule has 1 aliphatic heterocycles. The Morgan fingerprint density at radius 1 is 0.921 bits per heavy atom. The van der Waals surface area contributed by atoms with E-state index in [1.165, 1.54) is 7.11 Å². The van der Waals surface area contributed by atoms with Crippen LogP contribution in [0, 0.1) is 5.92 Å². The van der Waals surface area contributed by atoms with Crippen molar-refractivity contribution in [3.8, 4) is 17.2 Å². The molecule has 38 heavy (non-hydrogen) atoms. The molecule has 0 unspecified atom stereocenters.